The number of nitriles is 1. The Morgan fingerprint density at radius 3 is 2.64 bits per heavy atom. The van der Waals surface area contributed by atoms with Crippen LogP contribution in [0.4, 0.5) is 4.39 Å². The van der Waals surface area contributed by atoms with Crippen LogP contribution in [-0.2, 0) is 0 Å². The molecule has 1 N–H and O–H groups in total. The lowest BCUT2D eigenvalue weighted by molar-refractivity contribution is 0.0948. The summed E-state index contributed by atoms with van der Waals surface area (Å²) in [4.78, 5) is 17.5. The van der Waals surface area contributed by atoms with Gasteiger partial charge in [0.1, 0.15) is 27.5 Å². The van der Waals surface area contributed by atoms with Crippen LogP contribution in [0.5, 0.6) is 5.75 Å². The molecule has 1 heterocycles. The van der Waals surface area contributed by atoms with Gasteiger partial charge in [0.15, 0.2) is 0 Å². The second-order valence-corrected chi connectivity index (χ2v) is 6.95. The molecule has 0 aliphatic carbocycles. The first-order valence-electron chi connectivity index (χ1n) is 8.69. The zero-order chi connectivity index (χ0) is 20.1. The van der Waals surface area contributed by atoms with E-state index in [1.54, 1.807) is 13.0 Å². The highest BCUT2D eigenvalue weighted by Gasteiger charge is 2.22. The van der Waals surface area contributed by atoms with E-state index < -0.39 is 17.8 Å². The van der Waals surface area contributed by atoms with E-state index >= 15 is 0 Å². The molecule has 7 heteroatoms. The monoisotopic (exact) mass is 395 g/mol. The number of nitrogens with one attached hydrogen (secondary N) is 1. The fourth-order valence-electron chi connectivity index (χ4n) is 2.68. The molecule has 0 saturated heterocycles. The summed E-state index contributed by atoms with van der Waals surface area (Å²) < 4.78 is 19.4. The molecule has 3 rings (SSSR count). The number of halogens is 1. The van der Waals surface area contributed by atoms with Crippen molar-refractivity contribution in [3.05, 3.63) is 70.5 Å². The van der Waals surface area contributed by atoms with E-state index in [1.807, 2.05) is 37.3 Å². The van der Waals surface area contributed by atoms with E-state index in [0.717, 1.165) is 11.3 Å². The van der Waals surface area contributed by atoms with Crippen molar-refractivity contribution in [2.45, 2.75) is 19.9 Å². The smallest absolute Gasteiger partial charge is 0.264 e. The van der Waals surface area contributed by atoms with Gasteiger partial charge in [-0.2, -0.15) is 5.26 Å². The van der Waals surface area contributed by atoms with Crippen LogP contribution in [-0.4, -0.2) is 17.5 Å². The van der Waals surface area contributed by atoms with Crippen molar-refractivity contribution in [2.24, 2.45) is 0 Å². The molecule has 0 bridgehead atoms. The van der Waals surface area contributed by atoms with Crippen LogP contribution in [0, 0.1) is 24.1 Å². The van der Waals surface area contributed by atoms with E-state index in [9.17, 15) is 14.4 Å². The summed E-state index contributed by atoms with van der Waals surface area (Å²) in [7, 11) is 0. The van der Waals surface area contributed by atoms with E-state index in [1.165, 1.54) is 29.5 Å². The Morgan fingerprint density at radius 1 is 1.29 bits per heavy atom. The number of carbonyl (C=O) groups is 1. The maximum atomic E-state index is 13.9. The molecular weight excluding hydrogens is 377 g/mol. The predicted molar refractivity (Wildman–Crippen MR) is 106 cm³/mol. The summed E-state index contributed by atoms with van der Waals surface area (Å²) in [6, 6.07) is 14.2. The third-order valence-corrected chi connectivity index (χ3v) is 5.24. The van der Waals surface area contributed by atoms with Gasteiger partial charge in [0.05, 0.1) is 18.4 Å². The fraction of sp³-hybridized carbons (Fsp3) is 0.190. The van der Waals surface area contributed by atoms with Gasteiger partial charge in [0.25, 0.3) is 5.91 Å². The number of aryl methyl sites for hydroxylation is 1. The average molecular weight is 395 g/mol. The van der Waals surface area contributed by atoms with E-state index in [4.69, 9.17) is 4.74 Å². The number of hydrogen-bond donors (Lipinski definition) is 1. The number of benzene rings is 2. The van der Waals surface area contributed by atoms with Crippen molar-refractivity contribution in [3.63, 3.8) is 0 Å². The third-order valence-electron chi connectivity index (χ3n) is 4.04. The molecule has 1 unspecified atom stereocenters. The highest BCUT2D eigenvalue weighted by atomic mass is 32.1. The summed E-state index contributed by atoms with van der Waals surface area (Å²) >= 11 is 1.22. The van der Waals surface area contributed by atoms with E-state index in [-0.39, 0.29) is 5.56 Å². The molecule has 0 fully saturated rings. The van der Waals surface area contributed by atoms with Crippen molar-refractivity contribution in [1.82, 2.24) is 10.3 Å². The van der Waals surface area contributed by atoms with Crippen LogP contribution in [0.15, 0.2) is 48.5 Å². The molecule has 0 aliphatic rings. The maximum absolute atomic E-state index is 13.9. The van der Waals surface area contributed by atoms with Crippen LogP contribution in [0.2, 0.25) is 0 Å². The Labute approximate surface area is 166 Å². The highest BCUT2D eigenvalue weighted by Crippen LogP contribution is 2.29. The average Bonchev–Trinajstić information content (AvgIpc) is 3.09. The second kappa shape index (κ2) is 8.63. The van der Waals surface area contributed by atoms with E-state index in [2.05, 4.69) is 10.3 Å². The fourth-order valence-corrected chi connectivity index (χ4v) is 3.65. The minimum atomic E-state index is -1.08. The Kier molecular flexibility index (Phi) is 6.02. The number of thiazole rings is 1. The van der Waals surface area contributed by atoms with Gasteiger partial charge in [-0.25, -0.2) is 9.37 Å². The molecule has 0 radical (unpaired) electrons. The third kappa shape index (κ3) is 4.18. The molecule has 5 nitrogen and oxygen atoms in total. The van der Waals surface area contributed by atoms with Crippen LogP contribution in [0.1, 0.15) is 33.9 Å². The highest BCUT2D eigenvalue weighted by molar-refractivity contribution is 7.17. The summed E-state index contributed by atoms with van der Waals surface area (Å²) in [6.45, 7) is 4.23. The number of hydrogen-bond acceptors (Lipinski definition) is 5. The summed E-state index contributed by atoms with van der Waals surface area (Å²) in [6.07, 6.45) is 0. The molecule has 1 amide bonds. The van der Waals surface area contributed by atoms with Crippen LogP contribution in [0.25, 0.3) is 10.6 Å². The van der Waals surface area contributed by atoms with Crippen molar-refractivity contribution in [2.75, 3.05) is 6.61 Å². The quantitative estimate of drug-likeness (QED) is 0.659. The number of nitrogens with zero attached hydrogens (tertiary/aromatic N) is 2. The standard InChI is InChI=1S/C21H18FN3O2S/c1-3-27-15-10-8-14(9-11-15)21-24-13(2)19(28-21)20(26)25-18(12-23)16-6-4-5-7-17(16)22/h4-11,18H,3H2,1-2H3,(H,25,26). The molecule has 28 heavy (non-hydrogen) atoms. The van der Waals surface area contributed by atoms with Crippen LogP contribution >= 0.6 is 11.3 Å². The number of rotatable bonds is 6. The lowest BCUT2D eigenvalue weighted by Gasteiger charge is -2.12. The van der Waals surface area contributed by atoms with Crippen molar-refractivity contribution < 1.29 is 13.9 Å². The Hall–Kier alpha value is -3.24. The van der Waals surface area contributed by atoms with E-state index in [0.29, 0.717) is 22.2 Å². The summed E-state index contributed by atoms with van der Waals surface area (Å²) in [5.74, 6) is -0.230. The Bertz CT molecular complexity index is 1020. The Balaban J connectivity index is 1.81. The van der Waals surface area contributed by atoms with Gasteiger partial charge in [-0.15, -0.1) is 11.3 Å². The zero-order valence-electron chi connectivity index (χ0n) is 15.4. The minimum Gasteiger partial charge on any atom is -0.494 e. The first-order chi connectivity index (χ1) is 13.5. The lowest BCUT2D eigenvalue weighted by Crippen LogP contribution is -2.28. The molecule has 1 atom stereocenters. The SMILES string of the molecule is CCOc1ccc(-c2nc(C)c(C(=O)NC(C#N)c3ccccc3F)s2)cc1. The van der Waals surface area contributed by atoms with Gasteiger partial charge in [0, 0.05) is 11.1 Å². The first kappa shape index (κ1) is 19.5. The van der Waals surface area contributed by atoms with Crippen LogP contribution < -0.4 is 10.1 Å². The van der Waals surface area contributed by atoms with Crippen molar-refractivity contribution >= 4 is 17.2 Å². The molecular formula is C21H18FN3O2S. The number of aromatic nitrogens is 1. The predicted octanol–water partition coefficient (Wildman–Crippen LogP) is 4.65. The van der Waals surface area contributed by atoms with Crippen molar-refractivity contribution in [3.8, 4) is 22.4 Å². The Morgan fingerprint density at radius 2 is 2.00 bits per heavy atom. The zero-order valence-corrected chi connectivity index (χ0v) is 16.2. The molecule has 0 saturated carbocycles. The van der Waals surface area contributed by atoms with Crippen LogP contribution in [0.3, 0.4) is 0 Å². The second-order valence-electron chi connectivity index (χ2n) is 5.95. The first-order valence-corrected chi connectivity index (χ1v) is 9.50. The molecule has 3 aromatic rings. The molecule has 2 aromatic carbocycles. The minimum absolute atomic E-state index is 0.132. The topological polar surface area (TPSA) is 75.0 Å². The largest absolute Gasteiger partial charge is 0.494 e. The van der Waals surface area contributed by atoms with Gasteiger partial charge in [0.2, 0.25) is 0 Å². The van der Waals surface area contributed by atoms with Gasteiger partial charge in [-0.05, 0) is 44.2 Å². The molecule has 1 aromatic heterocycles. The molecule has 142 valence electrons. The number of amides is 1. The van der Waals surface area contributed by atoms with Gasteiger partial charge >= 0.3 is 0 Å². The number of carbonyl (C=O) groups excluding carboxylic acids is 1. The van der Waals surface area contributed by atoms with Gasteiger partial charge in [-0.1, -0.05) is 18.2 Å². The summed E-state index contributed by atoms with van der Waals surface area (Å²) in [5, 5.41) is 12.6. The normalized spacial score (nSPS) is 11.5. The molecule has 0 spiro atoms. The summed E-state index contributed by atoms with van der Waals surface area (Å²) in [5.41, 5.74) is 1.55. The molecule has 0 aliphatic heterocycles. The van der Waals surface area contributed by atoms with Gasteiger partial charge in [-0.3, -0.25) is 4.79 Å². The van der Waals surface area contributed by atoms with Crippen molar-refractivity contribution in [1.29, 1.82) is 5.26 Å². The lowest BCUT2D eigenvalue weighted by atomic mass is 10.1. The van der Waals surface area contributed by atoms with Gasteiger partial charge < -0.3 is 10.1 Å². The number of ether oxygens (including phenoxy) is 1. The maximum Gasteiger partial charge on any atom is 0.264 e.